The lowest BCUT2D eigenvalue weighted by atomic mass is 10.0. The Morgan fingerprint density at radius 2 is 2.15 bits per heavy atom. The number of ketones is 1. The Morgan fingerprint density at radius 1 is 1.41 bits per heavy atom. The lowest BCUT2D eigenvalue weighted by Gasteiger charge is -2.24. The van der Waals surface area contributed by atoms with E-state index in [9.17, 15) is 22.8 Å². The molecule has 0 aliphatic carbocycles. The lowest BCUT2D eigenvalue weighted by molar-refractivity contribution is -0.133. The highest BCUT2D eigenvalue weighted by molar-refractivity contribution is 7.89. The van der Waals surface area contributed by atoms with Crippen LogP contribution >= 0.6 is 0 Å². The molecule has 2 fully saturated rings. The Balaban J connectivity index is 1.75. The Morgan fingerprint density at radius 3 is 2.78 bits per heavy atom. The standard InChI is InChI=1S/C17H21N4O5S/c1-11(17(18)24)5-6-15(23)20-9-7-12-16(20)13(22)10-21(12)27(25,26)14-4-2-3-8-19-14/h2-4,6,8,11-12,16H,5,7,9-10H2,1H3,(H2,18,24). The van der Waals surface area contributed by atoms with Crippen molar-refractivity contribution in [1.29, 1.82) is 0 Å². The number of rotatable bonds is 6. The second-order valence-corrected chi connectivity index (χ2v) is 8.60. The number of nitrogens with zero attached hydrogens (tertiary/aromatic N) is 3. The Bertz CT molecular complexity index is 857. The van der Waals surface area contributed by atoms with E-state index in [1.807, 2.05) is 0 Å². The van der Waals surface area contributed by atoms with Crippen molar-refractivity contribution < 1.29 is 22.8 Å². The summed E-state index contributed by atoms with van der Waals surface area (Å²) in [6.45, 7) is 1.60. The number of carbonyl (C=O) groups excluding carboxylic acids is 3. The minimum absolute atomic E-state index is 0.120. The van der Waals surface area contributed by atoms with Gasteiger partial charge in [-0.05, 0) is 25.0 Å². The van der Waals surface area contributed by atoms with Crippen molar-refractivity contribution in [3.05, 3.63) is 30.8 Å². The number of Topliss-reactive ketones (excluding diaryl/α,β-unsaturated/α-hetero) is 1. The maximum atomic E-state index is 12.8. The van der Waals surface area contributed by atoms with Crippen LogP contribution in [0.5, 0.6) is 0 Å². The summed E-state index contributed by atoms with van der Waals surface area (Å²) in [5, 5.41) is -0.120. The number of likely N-dealkylation sites (tertiary alicyclic amines) is 1. The molecule has 0 aromatic carbocycles. The van der Waals surface area contributed by atoms with Crippen LogP contribution in [-0.2, 0) is 24.4 Å². The molecule has 3 atom stereocenters. The normalized spacial score (nSPS) is 24.0. The van der Waals surface area contributed by atoms with Crippen LogP contribution in [0.2, 0.25) is 0 Å². The number of nitrogens with two attached hydrogens (primary N) is 1. The molecule has 145 valence electrons. The lowest BCUT2D eigenvalue weighted by Crippen LogP contribution is -2.43. The zero-order chi connectivity index (χ0) is 19.8. The zero-order valence-electron chi connectivity index (χ0n) is 14.8. The van der Waals surface area contributed by atoms with Crippen LogP contribution in [0.1, 0.15) is 19.8 Å². The molecular weight excluding hydrogens is 372 g/mol. The van der Waals surface area contributed by atoms with Crippen LogP contribution in [0.25, 0.3) is 0 Å². The highest BCUT2D eigenvalue weighted by Crippen LogP contribution is 2.33. The molecule has 2 amide bonds. The first-order chi connectivity index (χ1) is 12.7. The van der Waals surface area contributed by atoms with Gasteiger partial charge in [0.25, 0.3) is 10.0 Å². The summed E-state index contributed by atoms with van der Waals surface area (Å²) in [6.07, 6.45) is 3.25. The monoisotopic (exact) mass is 393 g/mol. The topological polar surface area (TPSA) is 131 Å². The van der Waals surface area contributed by atoms with Crippen LogP contribution in [0.4, 0.5) is 0 Å². The predicted molar refractivity (Wildman–Crippen MR) is 94.3 cm³/mol. The molecule has 0 bridgehead atoms. The van der Waals surface area contributed by atoms with Gasteiger partial charge in [0.1, 0.15) is 6.04 Å². The second-order valence-electron chi connectivity index (χ2n) is 6.76. The molecule has 3 heterocycles. The van der Waals surface area contributed by atoms with Crippen LogP contribution in [-0.4, -0.2) is 65.4 Å². The fourth-order valence-corrected chi connectivity index (χ4v) is 5.03. The van der Waals surface area contributed by atoms with Gasteiger partial charge in [0.15, 0.2) is 10.8 Å². The van der Waals surface area contributed by atoms with Gasteiger partial charge in [0.05, 0.1) is 19.0 Å². The van der Waals surface area contributed by atoms with E-state index in [1.54, 1.807) is 19.1 Å². The molecule has 2 aliphatic heterocycles. The minimum Gasteiger partial charge on any atom is -0.369 e. The van der Waals surface area contributed by atoms with Crippen molar-refractivity contribution in [2.24, 2.45) is 11.7 Å². The summed E-state index contributed by atoms with van der Waals surface area (Å²) >= 11 is 0. The first-order valence-corrected chi connectivity index (χ1v) is 10.1. The highest BCUT2D eigenvalue weighted by Gasteiger charge is 2.53. The van der Waals surface area contributed by atoms with Gasteiger partial charge in [-0.15, -0.1) is 0 Å². The second kappa shape index (κ2) is 7.35. The van der Waals surface area contributed by atoms with E-state index in [0.717, 1.165) is 4.31 Å². The number of hydrogen-bond donors (Lipinski definition) is 1. The van der Waals surface area contributed by atoms with Crippen LogP contribution < -0.4 is 5.73 Å². The van der Waals surface area contributed by atoms with Gasteiger partial charge in [-0.25, -0.2) is 13.4 Å². The Kier molecular flexibility index (Phi) is 5.29. The van der Waals surface area contributed by atoms with Crippen molar-refractivity contribution in [3.8, 4) is 0 Å². The summed E-state index contributed by atoms with van der Waals surface area (Å²) in [4.78, 5) is 41.3. The fraction of sp³-hybridized carbons (Fsp3) is 0.471. The molecule has 27 heavy (non-hydrogen) atoms. The van der Waals surface area contributed by atoms with Gasteiger partial charge >= 0.3 is 0 Å². The molecule has 1 radical (unpaired) electrons. The van der Waals surface area contributed by atoms with Gasteiger partial charge in [-0.1, -0.05) is 13.0 Å². The van der Waals surface area contributed by atoms with Crippen molar-refractivity contribution in [2.75, 3.05) is 13.1 Å². The molecule has 1 aromatic rings. The summed E-state index contributed by atoms with van der Waals surface area (Å²) in [5.74, 6) is -1.71. The molecule has 9 nitrogen and oxygen atoms in total. The summed E-state index contributed by atoms with van der Waals surface area (Å²) in [7, 11) is -3.92. The van der Waals surface area contributed by atoms with Crippen molar-refractivity contribution >= 4 is 27.6 Å². The first kappa shape index (κ1) is 19.4. The number of primary amides is 1. The van der Waals surface area contributed by atoms with Crippen molar-refractivity contribution in [2.45, 2.75) is 36.9 Å². The van der Waals surface area contributed by atoms with E-state index >= 15 is 0 Å². The molecule has 2 N–H and O–H groups in total. The van der Waals surface area contributed by atoms with E-state index in [-0.39, 0.29) is 36.2 Å². The molecular formula is C17H21N4O5S. The average Bonchev–Trinajstić information content (AvgIpc) is 3.21. The van der Waals surface area contributed by atoms with Gasteiger partial charge in [0.2, 0.25) is 11.8 Å². The summed E-state index contributed by atoms with van der Waals surface area (Å²) in [6, 6.07) is 3.14. The largest absolute Gasteiger partial charge is 0.369 e. The molecule has 0 saturated carbocycles. The zero-order valence-corrected chi connectivity index (χ0v) is 15.6. The van der Waals surface area contributed by atoms with E-state index in [0.29, 0.717) is 6.42 Å². The number of sulfonamides is 1. The number of aromatic nitrogens is 1. The molecule has 1 aromatic heterocycles. The molecule has 3 rings (SSSR count). The van der Waals surface area contributed by atoms with Gasteiger partial charge in [-0.3, -0.25) is 14.4 Å². The van der Waals surface area contributed by atoms with Crippen molar-refractivity contribution in [1.82, 2.24) is 14.2 Å². The third-order valence-corrected chi connectivity index (χ3v) is 6.79. The SMILES string of the molecule is CC(C[CH]C(=O)N1CCC2C1C(=O)CN2S(=O)(=O)c1ccccn1)C(N)=O. The van der Waals surface area contributed by atoms with E-state index in [4.69, 9.17) is 5.73 Å². The fourth-order valence-electron chi connectivity index (χ4n) is 3.47. The van der Waals surface area contributed by atoms with Crippen molar-refractivity contribution in [3.63, 3.8) is 0 Å². The third-order valence-electron chi connectivity index (χ3n) is 5.00. The number of carbonyl (C=O) groups is 3. The minimum atomic E-state index is -3.92. The maximum Gasteiger partial charge on any atom is 0.261 e. The van der Waals surface area contributed by atoms with E-state index < -0.39 is 33.9 Å². The van der Waals surface area contributed by atoms with E-state index in [1.165, 1.54) is 23.6 Å². The Labute approximate surface area is 157 Å². The van der Waals surface area contributed by atoms with Crippen LogP contribution in [0.3, 0.4) is 0 Å². The number of hydrogen-bond acceptors (Lipinski definition) is 6. The highest BCUT2D eigenvalue weighted by atomic mass is 32.2. The summed E-state index contributed by atoms with van der Waals surface area (Å²) in [5.41, 5.74) is 5.19. The molecule has 2 saturated heterocycles. The van der Waals surface area contributed by atoms with Crippen LogP contribution in [0.15, 0.2) is 29.4 Å². The smallest absolute Gasteiger partial charge is 0.261 e. The molecule has 2 aliphatic rings. The van der Waals surface area contributed by atoms with Crippen LogP contribution in [0, 0.1) is 12.3 Å². The first-order valence-electron chi connectivity index (χ1n) is 8.62. The number of amides is 2. The van der Waals surface area contributed by atoms with Gasteiger partial charge in [-0.2, -0.15) is 4.31 Å². The van der Waals surface area contributed by atoms with Gasteiger partial charge < -0.3 is 10.6 Å². The third kappa shape index (κ3) is 3.59. The molecule has 10 heteroatoms. The summed E-state index contributed by atoms with van der Waals surface area (Å²) < 4.78 is 26.8. The Hall–Kier alpha value is -2.33. The quantitative estimate of drug-likeness (QED) is 0.683. The number of fused-ring (bicyclic) bond motifs is 1. The average molecular weight is 393 g/mol. The van der Waals surface area contributed by atoms with E-state index in [2.05, 4.69) is 4.98 Å². The maximum absolute atomic E-state index is 12.8. The molecule has 3 unspecified atom stereocenters. The van der Waals surface area contributed by atoms with Gasteiger partial charge in [0, 0.05) is 18.7 Å². The predicted octanol–water partition coefficient (Wildman–Crippen LogP) is -0.660. The number of pyridine rings is 1. The molecule has 0 spiro atoms.